The monoisotopic (exact) mass is 229 g/mol. The maximum Gasteiger partial charge on any atom is 0.144 e. The lowest BCUT2D eigenvalue weighted by atomic mass is 10.2. The van der Waals surface area contributed by atoms with Crippen molar-refractivity contribution in [3.8, 4) is 23.3 Å². The Kier molecular flexibility index (Phi) is 2.93. The van der Waals surface area contributed by atoms with E-state index in [9.17, 15) is 4.39 Å². The summed E-state index contributed by atoms with van der Waals surface area (Å²) < 4.78 is 18.6. The summed E-state index contributed by atoms with van der Waals surface area (Å²) in [6.45, 7) is 0. The van der Waals surface area contributed by atoms with E-state index in [-0.39, 0.29) is 11.3 Å². The molecule has 0 aliphatic heterocycles. The van der Waals surface area contributed by atoms with Crippen molar-refractivity contribution < 1.29 is 14.2 Å². The summed E-state index contributed by atoms with van der Waals surface area (Å²) in [4.78, 5) is 0. The smallest absolute Gasteiger partial charge is 0.144 e. The fraction of sp³-hybridized carbons (Fsp3) is 0. The molecular weight excluding hydrogens is 221 g/mol. The van der Waals surface area contributed by atoms with Gasteiger partial charge in [-0.2, -0.15) is 5.26 Å². The quantitative estimate of drug-likeness (QED) is 0.860. The zero-order chi connectivity index (χ0) is 12.3. The normalized spacial score (nSPS) is 9.65. The van der Waals surface area contributed by atoms with E-state index < -0.39 is 5.82 Å². The van der Waals surface area contributed by atoms with Crippen LogP contribution < -0.4 is 4.74 Å². The van der Waals surface area contributed by atoms with Gasteiger partial charge in [0.25, 0.3) is 0 Å². The van der Waals surface area contributed by atoms with Crippen molar-refractivity contribution in [1.82, 2.24) is 0 Å². The summed E-state index contributed by atoms with van der Waals surface area (Å²) in [5.41, 5.74) is -0.0249. The molecule has 2 aromatic carbocycles. The van der Waals surface area contributed by atoms with Crippen LogP contribution >= 0.6 is 0 Å². The number of aromatic hydroxyl groups is 1. The molecule has 0 unspecified atom stereocenters. The number of hydrogen-bond donors (Lipinski definition) is 1. The maximum absolute atomic E-state index is 13.3. The minimum atomic E-state index is -0.622. The second-order valence-corrected chi connectivity index (χ2v) is 3.35. The van der Waals surface area contributed by atoms with Gasteiger partial charge in [-0.25, -0.2) is 4.39 Å². The van der Waals surface area contributed by atoms with E-state index in [0.29, 0.717) is 11.5 Å². The molecule has 17 heavy (non-hydrogen) atoms. The molecule has 0 aromatic heterocycles. The molecule has 0 radical (unpaired) electrons. The van der Waals surface area contributed by atoms with Gasteiger partial charge >= 0.3 is 0 Å². The first-order valence-electron chi connectivity index (χ1n) is 4.85. The number of nitriles is 1. The average Bonchev–Trinajstić information content (AvgIpc) is 2.32. The Labute approximate surface area is 97.3 Å². The molecule has 0 spiro atoms. The summed E-state index contributed by atoms with van der Waals surface area (Å²) in [7, 11) is 0. The molecule has 0 aliphatic rings. The van der Waals surface area contributed by atoms with Crippen LogP contribution in [0.2, 0.25) is 0 Å². The van der Waals surface area contributed by atoms with Crippen molar-refractivity contribution >= 4 is 0 Å². The molecule has 4 heteroatoms. The maximum atomic E-state index is 13.3. The van der Waals surface area contributed by atoms with Crippen LogP contribution in [0.25, 0.3) is 0 Å². The Morgan fingerprint density at radius 1 is 1.06 bits per heavy atom. The molecular formula is C13H8FNO2. The average molecular weight is 229 g/mol. The van der Waals surface area contributed by atoms with Crippen molar-refractivity contribution in [3.05, 3.63) is 53.8 Å². The van der Waals surface area contributed by atoms with E-state index in [1.807, 2.05) is 0 Å². The molecule has 0 heterocycles. The van der Waals surface area contributed by atoms with E-state index in [1.165, 1.54) is 24.3 Å². The van der Waals surface area contributed by atoms with Gasteiger partial charge in [0.15, 0.2) is 0 Å². The van der Waals surface area contributed by atoms with Crippen LogP contribution in [-0.2, 0) is 0 Å². The number of halogens is 1. The van der Waals surface area contributed by atoms with Crippen LogP contribution in [0.3, 0.4) is 0 Å². The number of phenols is 1. The van der Waals surface area contributed by atoms with E-state index in [0.717, 1.165) is 6.07 Å². The standard InChI is InChI=1S/C13H8FNO2/c14-13-7-12(4-1-9(13)8-15)17-11-5-2-10(16)3-6-11/h1-7,16H. The van der Waals surface area contributed by atoms with E-state index in [1.54, 1.807) is 18.2 Å². The first kappa shape index (κ1) is 11.0. The highest BCUT2D eigenvalue weighted by molar-refractivity contribution is 5.39. The molecule has 2 aromatic rings. The molecule has 0 bridgehead atoms. The Morgan fingerprint density at radius 3 is 2.29 bits per heavy atom. The summed E-state index contributed by atoms with van der Waals surface area (Å²) >= 11 is 0. The first-order valence-corrected chi connectivity index (χ1v) is 4.85. The molecule has 0 amide bonds. The molecule has 0 fully saturated rings. The van der Waals surface area contributed by atoms with Crippen molar-refractivity contribution in [1.29, 1.82) is 5.26 Å². The van der Waals surface area contributed by atoms with Crippen LogP contribution in [0.4, 0.5) is 4.39 Å². The molecule has 0 aliphatic carbocycles. The Hall–Kier alpha value is -2.54. The van der Waals surface area contributed by atoms with Crippen LogP contribution in [-0.4, -0.2) is 5.11 Å². The molecule has 0 saturated heterocycles. The zero-order valence-corrected chi connectivity index (χ0v) is 8.72. The fourth-order valence-corrected chi connectivity index (χ4v) is 1.30. The van der Waals surface area contributed by atoms with Gasteiger partial charge in [-0.3, -0.25) is 0 Å². The Morgan fingerprint density at radius 2 is 1.71 bits per heavy atom. The molecule has 84 valence electrons. The highest BCUT2D eigenvalue weighted by Crippen LogP contribution is 2.24. The van der Waals surface area contributed by atoms with Crippen LogP contribution in [0.5, 0.6) is 17.2 Å². The zero-order valence-electron chi connectivity index (χ0n) is 8.72. The summed E-state index contributed by atoms with van der Waals surface area (Å²) in [5, 5.41) is 17.7. The van der Waals surface area contributed by atoms with Gasteiger partial charge in [0.2, 0.25) is 0 Å². The summed E-state index contributed by atoms with van der Waals surface area (Å²) in [6.07, 6.45) is 0. The van der Waals surface area contributed by atoms with Crippen molar-refractivity contribution in [3.63, 3.8) is 0 Å². The Bertz CT molecular complexity index is 573. The SMILES string of the molecule is N#Cc1ccc(Oc2ccc(O)cc2)cc1F. The third-order valence-electron chi connectivity index (χ3n) is 2.13. The summed E-state index contributed by atoms with van der Waals surface area (Å²) in [5.74, 6) is 0.284. The first-order chi connectivity index (χ1) is 8.19. The molecule has 2 rings (SSSR count). The van der Waals surface area contributed by atoms with Gasteiger partial charge in [-0.05, 0) is 36.4 Å². The minimum absolute atomic E-state index is 0.0249. The van der Waals surface area contributed by atoms with Crippen LogP contribution in [0.1, 0.15) is 5.56 Å². The third-order valence-corrected chi connectivity index (χ3v) is 2.13. The number of rotatable bonds is 2. The highest BCUT2D eigenvalue weighted by Gasteiger charge is 2.04. The van der Waals surface area contributed by atoms with E-state index in [4.69, 9.17) is 15.1 Å². The van der Waals surface area contributed by atoms with Crippen molar-refractivity contribution in [2.24, 2.45) is 0 Å². The van der Waals surface area contributed by atoms with Crippen LogP contribution in [0, 0.1) is 17.1 Å². The van der Waals surface area contributed by atoms with Gasteiger partial charge in [0, 0.05) is 6.07 Å². The summed E-state index contributed by atoms with van der Waals surface area (Å²) in [6, 6.07) is 11.8. The molecule has 3 nitrogen and oxygen atoms in total. The third kappa shape index (κ3) is 2.52. The van der Waals surface area contributed by atoms with Gasteiger partial charge in [-0.1, -0.05) is 0 Å². The van der Waals surface area contributed by atoms with Gasteiger partial charge in [0.1, 0.15) is 29.1 Å². The van der Waals surface area contributed by atoms with Gasteiger partial charge in [-0.15, -0.1) is 0 Å². The lowest BCUT2D eigenvalue weighted by molar-refractivity contribution is 0.462. The van der Waals surface area contributed by atoms with Crippen LogP contribution in [0.15, 0.2) is 42.5 Å². The van der Waals surface area contributed by atoms with Gasteiger partial charge in [0.05, 0.1) is 5.56 Å². The fourth-order valence-electron chi connectivity index (χ4n) is 1.30. The number of hydrogen-bond acceptors (Lipinski definition) is 3. The molecule has 0 saturated carbocycles. The van der Waals surface area contributed by atoms with Gasteiger partial charge < -0.3 is 9.84 Å². The number of phenolic OH excluding ortho intramolecular Hbond substituents is 1. The topological polar surface area (TPSA) is 53.2 Å². The second kappa shape index (κ2) is 4.54. The van der Waals surface area contributed by atoms with Crippen molar-refractivity contribution in [2.75, 3.05) is 0 Å². The number of nitrogens with zero attached hydrogens (tertiary/aromatic N) is 1. The predicted octanol–water partition coefficient (Wildman–Crippen LogP) is 3.20. The Balaban J connectivity index is 2.22. The minimum Gasteiger partial charge on any atom is -0.508 e. The lowest BCUT2D eigenvalue weighted by Crippen LogP contribution is -1.87. The molecule has 1 N–H and O–H groups in total. The van der Waals surface area contributed by atoms with E-state index in [2.05, 4.69) is 0 Å². The predicted molar refractivity (Wildman–Crippen MR) is 59.3 cm³/mol. The largest absolute Gasteiger partial charge is 0.508 e. The number of benzene rings is 2. The molecule has 0 atom stereocenters. The lowest BCUT2D eigenvalue weighted by Gasteiger charge is -2.05. The van der Waals surface area contributed by atoms with E-state index >= 15 is 0 Å². The second-order valence-electron chi connectivity index (χ2n) is 3.35. The number of ether oxygens (including phenoxy) is 1. The van der Waals surface area contributed by atoms with Crippen molar-refractivity contribution in [2.45, 2.75) is 0 Å². The highest BCUT2D eigenvalue weighted by atomic mass is 19.1.